The number of nitrogens with zero attached hydrogens (tertiary/aromatic N) is 2. The molecule has 0 aromatic heterocycles. The van der Waals surface area contributed by atoms with E-state index < -0.39 is 34.1 Å². The summed E-state index contributed by atoms with van der Waals surface area (Å²) in [7, 11) is -3.80. The molecule has 0 heterocycles. The fourth-order valence-corrected chi connectivity index (χ4v) is 4.69. The van der Waals surface area contributed by atoms with E-state index in [1.165, 1.54) is 4.90 Å². The Balaban J connectivity index is 2.46. The molecule has 2 amide bonds. The molecule has 192 valence electrons. The van der Waals surface area contributed by atoms with Gasteiger partial charge < -0.3 is 10.2 Å². The third-order valence-corrected chi connectivity index (χ3v) is 7.21. The predicted molar refractivity (Wildman–Crippen MR) is 142 cm³/mol. The molecule has 2 rings (SSSR count). The number of aryl methyl sites for hydroxylation is 2. The van der Waals surface area contributed by atoms with Gasteiger partial charge in [0.25, 0.3) is 0 Å². The molecule has 0 radical (unpaired) electrons. The number of anilines is 1. The van der Waals surface area contributed by atoms with Crippen LogP contribution in [0, 0.1) is 13.8 Å². The van der Waals surface area contributed by atoms with Crippen LogP contribution >= 0.6 is 23.2 Å². The van der Waals surface area contributed by atoms with Crippen LogP contribution in [0.5, 0.6) is 0 Å². The van der Waals surface area contributed by atoms with Crippen LogP contribution < -0.4 is 9.62 Å². The van der Waals surface area contributed by atoms with Gasteiger partial charge in [0.1, 0.15) is 12.6 Å². The number of nitrogens with one attached hydrogen (secondary N) is 1. The smallest absolute Gasteiger partial charge is 0.244 e. The Kier molecular flexibility index (Phi) is 9.25. The second-order valence-electron chi connectivity index (χ2n) is 9.71. The average Bonchev–Trinajstić information content (AvgIpc) is 2.71. The Morgan fingerprint density at radius 3 is 2.17 bits per heavy atom. The van der Waals surface area contributed by atoms with Crippen molar-refractivity contribution in [2.24, 2.45) is 0 Å². The molecule has 2 aromatic rings. The van der Waals surface area contributed by atoms with Gasteiger partial charge in [-0.3, -0.25) is 13.9 Å². The highest BCUT2D eigenvalue weighted by Gasteiger charge is 2.31. The van der Waals surface area contributed by atoms with Crippen molar-refractivity contribution < 1.29 is 18.0 Å². The summed E-state index contributed by atoms with van der Waals surface area (Å²) in [6.07, 6.45) is 1.05. The van der Waals surface area contributed by atoms with Crippen LogP contribution in [0.2, 0.25) is 10.0 Å². The Morgan fingerprint density at radius 2 is 1.66 bits per heavy atom. The fourth-order valence-electron chi connectivity index (χ4n) is 3.38. The minimum absolute atomic E-state index is 0.00189. The molecular formula is C25H33Cl2N3O4S. The first-order chi connectivity index (χ1) is 16.0. The molecule has 0 fully saturated rings. The number of carbonyl (C=O) groups is 2. The number of hydrogen-bond donors (Lipinski definition) is 1. The van der Waals surface area contributed by atoms with E-state index in [0.29, 0.717) is 21.3 Å². The lowest BCUT2D eigenvalue weighted by atomic mass is 10.1. The molecule has 1 unspecified atom stereocenters. The lowest BCUT2D eigenvalue weighted by Gasteiger charge is -2.33. The fraction of sp³-hybridized carbons (Fsp3) is 0.440. The van der Waals surface area contributed by atoms with Crippen LogP contribution in [0.3, 0.4) is 0 Å². The number of rotatable bonds is 8. The second kappa shape index (κ2) is 11.2. The number of carbonyl (C=O) groups excluding carboxylic acids is 2. The van der Waals surface area contributed by atoms with Crippen LogP contribution in [-0.2, 0) is 26.2 Å². The maximum absolute atomic E-state index is 13.6. The SMILES string of the molecule is Cc1ccc(N(CC(=O)N(Cc2ccc(Cl)cc2Cl)C(C)C(=O)NC(C)(C)C)S(C)(=O)=O)cc1C. The molecule has 0 saturated carbocycles. The maximum Gasteiger partial charge on any atom is 0.244 e. The minimum Gasteiger partial charge on any atom is -0.350 e. The number of sulfonamides is 1. The summed E-state index contributed by atoms with van der Waals surface area (Å²) in [5, 5.41) is 3.65. The van der Waals surface area contributed by atoms with Gasteiger partial charge in [-0.2, -0.15) is 0 Å². The molecule has 2 aromatic carbocycles. The Labute approximate surface area is 218 Å². The zero-order chi connectivity index (χ0) is 26.7. The van der Waals surface area contributed by atoms with Gasteiger partial charge in [0.05, 0.1) is 11.9 Å². The molecule has 1 atom stereocenters. The summed E-state index contributed by atoms with van der Waals surface area (Å²) in [5.74, 6) is -0.913. The summed E-state index contributed by atoms with van der Waals surface area (Å²) in [4.78, 5) is 27.9. The van der Waals surface area contributed by atoms with E-state index in [1.54, 1.807) is 43.3 Å². The van der Waals surface area contributed by atoms with E-state index in [-0.39, 0.29) is 12.5 Å². The van der Waals surface area contributed by atoms with E-state index in [4.69, 9.17) is 23.2 Å². The van der Waals surface area contributed by atoms with E-state index >= 15 is 0 Å². The van der Waals surface area contributed by atoms with Crippen LogP contribution in [0.15, 0.2) is 36.4 Å². The van der Waals surface area contributed by atoms with Gasteiger partial charge in [0.2, 0.25) is 21.8 Å². The zero-order valence-electron chi connectivity index (χ0n) is 21.1. The monoisotopic (exact) mass is 541 g/mol. The van der Waals surface area contributed by atoms with Gasteiger partial charge in [-0.15, -0.1) is 0 Å². The molecule has 0 aliphatic carbocycles. The van der Waals surface area contributed by atoms with Crippen molar-refractivity contribution in [1.82, 2.24) is 10.2 Å². The largest absolute Gasteiger partial charge is 0.350 e. The van der Waals surface area contributed by atoms with Gasteiger partial charge in [-0.05, 0) is 82.5 Å². The van der Waals surface area contributed by atoms with E-state index in [9.17, 15) is 18.0 Å². The highest BCUT2D eigenvalue weighted by atomic mass is 35.5. The van der Waals surface area contributed by atoms with Gasteiger partial charge in [-0.1, -0.05) is 35.3 Å². The molecule has 7 nitrogen and oxygen atoms in total. The van der Waals surface area contributed by atoms with Crippen molar-refractivity contribution in [3.8, 4) is 0 Å². The normalized spacial score (nSPS) is 12.7. The minimum atomic E-state index is -3.80. The first-order valence-corrected chi connectivity index (χ1v) is 13.7. The summed E-state index contributed by atoms with van der Waals surface area (Å²) in [6.45, 7) is 10.4. The summed E-state index contributed by atoms with van der Waals surface area (Å²) in [6, 6.07) is 9.17. The highest BCUT2D eigenvalue weighted by Crippen LogP contribution is 2.25. The van der Waals surface area contributed by atoms with Crippen molar-refractivity contribution in [1.29, 1.82) is 0 Å². The molecule has 1 N–H and O–H groups in total. The molecule has 0 aliphatic rings. The molecule has 0 spiro atoms. The Bertz CT molecular complexity index is 1210. The topological polar surface area (TPSA) is 86.8 Å². The highest BCUT2D eigenvalue weighted by molar-refractivity contribution is 7.92. The predicted octanol–water partition coefficient (Wildman–Crippen LogP) is 4.71. The number of halogens is 2. The van der Waals surface area contributed by atoms with Crippen molar-refractivity contribution in [2.45, 2.75) is 59.7 Å². The van der Waals surface area contributed by atoms with E-state index in [1.807, 2.05) is 34.6 Å². The van der Waals surface area contributed by atoms with Crippen molar-refractivity contribution in [2.75, 3.05) is 17.1 Å². The van der Waals surface area contributed by atoms with Crippen molar-refractivity contribution in [3.63, 3.8) is 0 Å². The lowest BCUT2D eigenvalue weighted by molar-refractivity contribution is -0.140. The quantitative estimate of drug-likeness (QED) is 0.524. The number of hydrogen-bond acceptors (Lipinski definition) is 4. The standard InChI is InChI=1S/C25H33Cl2N3O4S/c1-16-8-11-21(12-17(16)2)30(35(7,33)34)15-23(31)29(18(3)24(32)28-25(4,5)6)14-19-9-10-20(26)13-22(19)27/h8-13,18H,14-15H2,1-7H3,(H,28,32). The summed E-state index contributed by atoms with van der Waals surface area (Å²) in [5.41, 5.74) is 2.33. The van der Waals surface area contributed by atoms with Crippen LogP contribution in [0.4, 0.5) is 5.69 Å². The average molecular weight is 543 g/mol. The second-order valence-corrected chi connectivity index (χ2v) is 12.5. The third-order valence-electron chi connectivity index (χ3n) is 5.48. The summed E-state index contributed by atoms with van der Waals surface area (Å²) < 4.78 is 26.4. The van der Waals surface area contributed by atoms with Crippen molar-refractivity contribution >= 4 is 50.7 Å². The molecule has 0 aliphatic heterocycles. The molecule has 35 heavy (non-hydrogen) atoms. The van der Waals surface area contributed by atoms with Crippen molar-refractivity contribution in [3.05, 3.63) is 63.1 Å². The summed E-state index contributed by atoms with van der Waals surface area (Å²) >= 11 is 12.4. The van der Waals surface area contributed by atoms with Crippen LogP contribution in [0.25, 0.3) is 0 Å². The molecular weight excluding hydrogens is 509 g/mol. The van der Waals surface area contributed by atoms with Gasteiger partial charge in [0, 0.05) is 22.1 Å². The first-order valence-electron chi connectivity index (χ1n) is 11.1. The first kappa shape index (κ1) is 28.9. The van der Waals surface area contributed by atoms with Gasteiger partial charge in [0.15, 0.2) is 0 Å². The zero-order valence-corrected chi connectivity index (χ0v) is 23.5. The molecule has 10 heteroatoms. The lowest BCUT2D eigenvalue weighted by Crippen LogP contribution is -2.54. The van der Waals surface area contributed by atoms with Gasteiger partial charge >= 0.3 is 0 Å². The van der Waals surface area contributed by atoms with E-state index in [0.717, 1.165) is 21.7 Å². The molecule has 0 saturated heterocycles. The van der Waals surface area contributed by atoms with Crippen LogP contribution in [-0.4, -0.2) is 49.5 Å². The molecule has 0 bridgehead atoms. The third kappa shape index (κ3) is 8.12. The number of benzene rings is 2. The maximum atomic E-state index is 13.6. The Morgan fingerprint density at radius 1 is 1.03 bits per heavy atom. The van der Waals surface area contributed by atoms with Crippen LogP contribution in [0.1, 0.15) is 44.4 Å². The van der Waals surface area contributed by atoms with Gasteiger partial charge in [-0.25, -0.2) is 8.42 Å². The van der Waals surface area contributed by atoms with E-state index in [2.05, 4.69) is 5.32 Å². The Hall–Kier alpha value is -2.29. The number of amides is 2.